The van der Waals surface area contributed by atoms with Crippen molar-refractivity contribution in [2.45, 2.75) is 19.9 Å². The largest absolute Gasteiger partial charge is 0.368 e. The summed E-state index contributed by atoms with van der Waals surface area (Å²) in [6.07, 6.45) is 0. The molecule has 2 rings (SSSR count). The summed E-state index contributed by atoms with van der Waals surface area (Å²) in [4.78, 5) is 22.9. The van der Waals surface area contributed by atoms with E-state index in [1.165, 1.54) is 6.07 Å². The lowest BCUT2D eigenvalue weighted by Crippen LogP contribution is -2.33. The van der Waals surface area contributed by atoms with Gasteiger partial charge >= 0.3 is 0 Å². The molecule has 0 spiro atoms. The van der Waals surface area contributed by atoms with E-state index in [-0.39, 0.29) is 5.56 Å². The SMILES string of the molecule is Cc1ccc(-c2ccc(=O)n(C(C)C(N)=O)n2)cc1. The molecule has 1 heterocycles. The van der Waals surface area contributed by atoms with E-state index in [2.05, 4.69) is 5.10 Å². The van der Waals surface area contributed by atoms with Gasteiger partial charge in [0.2, 0.25) is 5.91 Å². The molecule has 5 nitrogen and oxygen atoms in total. The predicted molar refractivity (Wildman–Crippen MR) is 72.6 cm³/mol. The molecule has 1 unspecified atom stereocenters. The lowest BCUT2D eigenvalue weighted by molar-refractivity contribution is -0.121. The molecule has 19 heavy (non-hydrogen) atoms. The van der Waals surface area contributed by atoms with Crippen LogP contribution in [0.15, 0.2) is 41.2 Å². The van der Waals surface area contributed by atoms with Crippen LogP contribution in [0.4, 0.5) is 0 Å². The minimum absolute atomic E-state index is 0.345. The quantitative estimate of drug-likeness (QED) is 0.899. The van der Waals surface area contributed by atoms with Crippen LogP contribution in [0, 0.1) is 6.92 Å². The number of hydrogen-bond acceptors (Lipinski definition) is 3. The van der Waals surface area contributed by atoms with Gasteiger partial charge in [0.1, 0.15) is 6.04 Å². The average molecular weight is 257 g/mol. The van der Waals surface area contributed by atoms with Gasteiger partial charge in [-0.1, -0.05) is 29.8 Å². The number of aryl methyl sites for hydroxylation is 1. The van der Waals surface area contributed by atoms with Crippen molar-refractivity contribution >= 4 is 5.91 Å². The van der Waals surface area contributed by atoms with Gasteiger partial charge in [0.05, 0.1) is 5.69 Å². The topological polar surface area (TPSA) is 78.0 Å². The standard InChI is InChI=1S/C14H15N3O2/c1-9-3-5-11(6-4-9)12-7-8-13(18)17(16-12)10(2)14(15)19/h3-8,10H,1-2H3,(H2,15,19). The Morgan fingerprint density at radius 2 is 1.84 bits per heavy atom. The van der Waals surface area contributed by atoms with Crippen LogP contribution in [-0.2, 0) is 4.79 Å². The van der Waals surface area contributed by atoms with Gasteiger partial charge in [0, 0.05) is 11.6 Å². The summed E-state index contributed by atoms with van der Waals surface area (Å²) >= 11 is 0. The summed E-state index contributed by atoms with van der Waals surface area (Å²) in [6.45, 7) is 3.54. The van der Waals surface area contributed by atoms with Gasteiger partial charge < -0.3 is 5.73 Å². The first-order valence-electron chi connectivity index (χ1n) is 5.95. The first-order chi connectivity index (χ1) is 8.99. The molecule has 1 amide bonds. The Balaban J connectivity index is 2.49. The first kappa shape index (κ1) is 13.0. The number of aromatic nitrogens is 2. The second-order valence-corrected chi connectivity index (χ2v) is 4.45. The maximum absolute atomic E-state index is 11.7. The zero-order valence-electron chi connectivity index (χ0n) is 10.8. The lowest BCUT2D eigenvalue weighted by atomic mass is 10.1. The number of carbonyl (C=O) groups is 1. The van der Waals surface area contributed by atoms with Gasteiger partial charge in [0.25, 0.3) is 5.56 Å². The third-order valence-corrected chi connectivity index (χ3v) is 2.95. The zero-order valence-corrected chi connectivity index (χ0v) is 10.8. The maximum Gasteiger partial charge on any atom is 0.267 e. The molecule has 0 fully saturated rings. The highest BCUT2D eigenvalue weighted by atomic mass is 16.2. The lowest BCUT2D eigenvalue weighted by Gasteiger charge is -2.11. The van der Waals surface area contributed by atoms with Crippen molar-refractivity contribution in [3.05, 3.63) is 52.3 Å². The van der Waals surface area contributed by atoms with Crippen molar-refractivity contribution in [1.29, 1.82) is 0 Å². The number of rotatable bonds is 3. The molecular formula is C14H15N3O2. The van der Waals surface area contributed by atoms with Gasteiger partial charge in [-0.05, 0) is 19.9 Å². The van der Waals surface area contributed by atoms with Crippen LogP contribution in [0.2, 0.25) is 0 Å². The number of carbonyl (C=O) groups excluding carboxylic acids is 1. The number of nitrogens with zero attached hydrogens (tertiary/aromatic N) is 2. The molecule has 0 saturated heterocycles. The third kappa shape index (κ3) is 2.70. The molecule has 0 aliphatic rings. The number of nitrogens with two attached hydrogens (primary N) is 1. The van der Waals surface area contributed by atoms with Crippen LogP contribution < -0.4 is 11.3 Å². The van der Waals surface area contributed by atoms with Gasteiger partial charge in [-0.15, -0.1) is 0 Å². The maximum atomic E-state index is 11.7. The van der Waals surface area contributed by atoms with Crippen LogP contribution in [0.5, 0.6) is 0 Å². The van der Waals surface area contributed by atoms with Crippen molar-refractivity contribution in [1.82, 2.24) is 9.78 Å². The highest BCUT2D eigenvalue weighted by Gasteiger charge is 2.14. The fraction of sp³-hybridized carbons (Fsp3) is 0.214. The highest BCUT2D eigenvalue weighted by Crippen LogP contribution is 2.16. The third-order valence-electron chi connectivity index (χ3n) is 2.95. The minimum Gasteiger partial charge on any atom is -0.368 e. The second kappa shape index (κ2) is 5.06. The van der Waals surface area contributed by atoms with E-state index in [1.807, 2.05) is 31.2 Å². The summed E-state index contributed by atoms with van der Waals surface area (Å²) in [5, 5.41) is 4.20. The minimum atomic E-state index is -0.766. The van der Waals surface area contributed by atoms with Gasteiger partial charge in [-0.2, -0.15) is 5.10 Å². The summed E-state index contributed by atoms with van der Waals surface area (Å²) < 4.78 is 1.11. The fourth-order valence-electron chi connectivity index (χ4n) is 1.70. The highest BCUT2D eigenvalue weighted by molar-refractivity contribution is 5.77. The molecule has 0 aliphatic carbocycles. The molecular weight excluding hydrogens is 242 g/mol. The van der Waals surface area contributed by atoms with E-state index in [1.54, 1.807) is 13.0 Å². The van der Waals surface area contributed by atoms with E-state index in [9.17, 15) is 9.59 Å². The van der Waals surface area contributed by atoms with E-state index in [0.717, 1.165) is 15.8 Å². The molecule has 1 atom stereocenters. The van der Waals surface area contributed by atoms with Crippen LogP contribution >= 0.6 is 0 Å². The van der Waals surface area contributed by atoms with E-state index < -0.39 is 11.9 Å². The van der Waals surface area contributed by atoms with Crippen molar-refractivity contribution in [3.63, 3.8) is 0 Å². The molecule has 0 aliphatic heterocycles. The van der Waals surface area contributed by atoms with E-state index in [4.69, 9.17) is 5.73 Å². The predicted octanol–water partition coefficient (Wildman–Crippen LogP) is 1.27. The van der Waals surface area contributed by atoms with Crippen molar-refractivity contribution < 1.29 is 4.79 Å². The molecule has 98 valence electrons. The number of primary amides is 1. The molecule has 2 N–H and O–H groups in total. The molecule has 2 aromatic rings. The Hall–Kier alpha value is -2.43. The van der Waals surface area contributed by atoms with Crippen LogP contribution in [0.1, 0.15) is 18.5 Å². The normalized spacial score (nSPS) is 12.1. The Labute approximate surface area is 110 Å². The Morgan fingerprint density at radius 1 is 1.21 bits per heavy atom. The van der Waals surface area contributed by atoms with E-state index in [0.29, 0.717) is 5.69 Å². The summed E-state index contributed by atoms with van der Waals surface area (Å²) in [6, 6.07) is 10.0. The van der Waals surface area contributed by atoms with Crippen molar-refractivity contribution in [2.75, 3.05) is 0 Å². The van der Waals surface area contributed by atoms with Crippen molar-refractivity contribution in [2.24, 2.45) is 5.73 Å². The smallest absolute Gasteiger partial charge is 0.267 e. The zero-order chi connectivity index (χ0) is 14.0. The van der Waals surface area contributed by atoms with Gasteiger partial charge in [0.15, 0.2) is 0 Å². The van der Waals surface area contributed by atoms with Crippen LogP contribution in [0.3, 0.4) is 0 Å². The fourth-order valence-corrected chi connectivity index (χ4v) is 1.70. The summed E-state index contributed by atoms with van der Waals surface area (Å²) in [5.74, 6) is -0.587. The number of benzene rings is 1. The molecule has 0 bridgehead atoms. The average Bonchev–Trinajstić information content (AvgIpc) is 2.39. The molecule has 0 radical (unpaired) electrons. The van der Waals surface area contributed by atoms with Gasteiger partial charge in [-0.25, -0.2) is 4.68 Å². The Bertz CT molecular complexity index is 659. The molecule has 0 saturated carbocycles. The molecule has 1 aromatic heterocycles. The summed E-state index contributed by atoms with van der Waals surface area (Å²) in [7, 11) is 0. The van der Waals surface area contributed by atoms with Crippen molar-refractivity contribution in [3.8, 4) is 11.3 Å². The monoisotopic (exact) mass is 257 g/mol. The van der Waals surface area contributed by atoms with Crippen LogP contribution in [-0.4, -0.2) is 15.7 Å². The Kier molecular flexibility index (Phi) is 3.46. The van der Waals surface area contributed by atoms with E-state index >= 15 is 0 Å². The Morgan fingerprint density at radius 3 is 2.42 bits per heavy atom. The summed E-state index contributed by atoms with van der Waals surface area (Å²) in [5.41, 5.74) is 7.52. The first-order valence-corrected chi connectivity index (χ1v) is 5.95. The van der Waals surface area contributed by atoms with Crippen LogP contribution in [0.25, 0.3) is 11.3 Å². The number of hydrogen-bond donors (Lipinski definition) is 1. The molecule has 1 aromatic carbocycles. The molecule has 5 heteroatoms. The van der Waals surface area contributed by atoms with Gasteiger partial charge in [-0.3, -0.25) is 9.59 Å². The second-order valence-electron chi connectivity index (χ2n) is 4.45. The number of amides is 1.